The third kappa shape index (κ3) is 4.95. The minimum Gasteiger partial charge on any atom is -0.443 e. The molecule has 130 valence electrons. The molecule has 0 unspecified atom stereocenters. The summed E-state index contributed by atoms with van der Waals surface area (Å²) in [5.74, 6) is -0.448. The molecule has 0 radical (unpaired) electrons. The Bertz CT molecular complexity index is 936. The van der Waals surface area contributed by atoms with Crippen molar-refractivity contribution >= 4 is 28.8 Å². The number of benzene rings is 3. The topological polar surface area (TPSA) is 67.4 Å². The van der Waals surface area contributed by atoms with Crippen LogP contribution in [-0.2, 0) is 16.1 Å². The molecule has 0 fully saturated rings. The normalized spacial score (nSPS) is 10.6. The van der Waals surface area contributed by atoms with Gasteiger partial charge < -0.3 is 4.74 Å². The van der Waals surface area contributed by atoms with Gasteiger partial charge in [0.2, 0.25) is 0 Å². The zero-order valence-electron chi connectivity index (χ0n) is 14.0. The number of nitrogens with one attached hydrogen (secondary N) is 2. The number of hydrogen-bond donors (Lipinski definition) is 2. The van der Waals surface area contributed by atoms with Crippen LogP contribution in [0, 0.1) is 0 Å². The number of amides is 2. The van der Waals surface area contributed by atoms with Crippen molar-refractivity contribution in [2.75, 3.05) is 0 Å². The van der Waals surface area contributed by atoms with Crippen LogP contribution in [0.1, 0.15) is 11.1 Å². The molecule has 2 N–H and O–H groups in total. The highest BCUT2D eigenvalue weighted by Gasteiger charge is 2.04. The molecule has 0 aliphatic carbocycles. The Morgan fingerprint density at radius 1 is 0.846 bits per heavy atom. The molecule has 0 aromatic heterocycles. The molecule has 3 aromatic rings. The maximum atomic E-state index is 11.7. The predicted molar refractivity (Wildman–Crippen MR) is 101 cm³/mol. The lowest BCUT2D eigenvalue weighted by Crippen LogP contribution is -2.41. The van der Waals surface area contributed by atoms with Crippen molar-refractivity contribution in [1.29, 1.82) is 0 Å². The minimum absolute atomic E-state index is 0.117. The quantitative estimate of drug-likeness (QED) is 0.558. The van der Waals surface area contributed by atoms with Crippen molar-refractivity contribution in [1.82, 2.24) is 10.9 Å². The van der Waals surface area contributed by atoms with Gasteiger partial charge in [0.05, 0.1) is 0 Å². The van der Waals surface area contributed by atoms with Gasteiger partial charge in [-0.05, 0) is 34.0 Å². The van der Waals surface area contributed by atoms with Gasteiger partial charge in [0, 0.05) is 6.08 Å². The van der Waals surface area contributed by atoms with Crippen molar-refractivity contribution in [3.8, 4) is 0 Å². The standard InChI is InChI=1S/C21H18N2O3/c24-20(13-11-16-6-2-1-3-7-16)22-23-21(25)26-15-17-10-12-18-8-4-5-9-19(18)14-17/h1-14H,15H2,(H,22,24)(H,23,25)/b13-11+. The van der Waals surface area contributed by atoms with Gasteiger partial charge in [-0.2, -0.15) is 0 Å². The summed E-state index contributed by atoms with van der Waals surface area (Å²) in [6.07, 6.45) is 2.26. The number of ether oxygens (including phenoxy) is 1. The van der Waals surface area contributed by atoms with Gasteiger partial charge in [0.15, 0.2) is 0 Å². The van der Waals surface area contributed by atoms with Crippen LogP contribution >= 0.6 is 0 Å². The number of carbonyl (C=O) groups excluding carboxylic acids is 2. The van der Waals surface area contributed by atoms with Gasteiger partial charge in [-0.3, -0.25) is 10.2 Å². The van der Waals surface area contributed by atoms with E-state index in [1.54, 1.807) is 6.08 Å². The van der Waals surface area contributed by atoms with Gasteiger partial charge in [0.1, 0.15) is 6.61 Å². The first-order valence-electron chi connectivity index (χ1n) is 8.14. The Balaban J connectivity index is 1.44. The molecule has 0 atom stereocenters. The van der Waals surface area contributed by atoms with Crippen molar-refractivity contribution in [3.05, 3.63) is 90.0 Å². The molecule has 0 bridgehead atoms. The summed E-state index contributed by atoms with van der Waals surface area (Å²) in [5.41, 5.74) is 6.24. The Morgan fingerprint density at radius 3 is 2.38 bits per heavy atom. The third-order valence-electron chi connectivity index (χ3n) is 3.70. The lowest BCUT2D eigenvalue weighted by molar-refractivity contribution is -0.117. The Kier molecular flexibility index (Phi) is 5.62. The number of rotatable bonds is 4. The van der Waals surface area contributed by atoms with E-state index in [1.165, 1.54) is 6.08 Å². The van der Waals surface area contributed by atoms with Crippen LogP contribution in [0.15, 0.2) is 78.9 Å². The van der Waals surface area contributed by atoms with E-state index in [1.807, 2.05) is 72.8 Å². The fourth-order valence-corrected chi connectivity index (χ4v) is 2.40. The van der Waals surface area contributed by atoms with Crippen molar-refractivity contribution < 1.29 is 14.3 Å². The van der Waals surface area contributed by atoms with E-state index in [4.69, 9.17) is 4.74 Å². The van der Waals surface area contributed by atoms with E-state index >= 15 is 0 Å². The first-order chi connectivity index (χ1) is 12.7. The highest BCUT2D eigenvalue weighted by molar-refractivity contribution is 5.92. The van der Waals surface area contributed by atoms with Gasteiger partial charge in [-0.25, -0.2) is 10.2 Å². The largest absolute Gasteiger partial charge is 0.443 e. The molecular weight excluding hydrogens is 328 g/mol. The number of fused-ring (bicyclic) bond motifs is 1. The molecule has 3 rings (SSSR count). The van der Waals surface area contributed by atoms with Gasteiger partial charge in [-0.1, -0.05) is 66.7 Å². The van der Waals surface area contributed by atoms with Crippen LogP contribution < -0.4 is 10.9 Å². The van der Waals surface area contributed by atoms with Crippen LogP contribution in [0.5, 0.6) is 0 Å². The highest BCUT2D eigenvalue weighted by atomic mass is 16.6. The number of carbonyl (C=O) groups is 2. The Labute approximate surface area is 151 Å². The van der Waals surface area contributed by atoms with Crippen LogP contribution in [-0.4, -0.2) is 12.0 Å². The molecule has 0 heterocycles. The van der Waals surface area contributed by atoms with Crippen molar-refractivity contribution in [2.45, 2.75) is 6.61 Å². The van der Waals surface area contributed by atoms with Crippen molar-refractivity contribution in [2.24, 2.45) is 0 Å². The maximum Gasteiger partial charge on any atom is 0.426 e. The predicted octanol–water partition coefficient (Wildman–Crippen LogP) is 3.81. The smallest absolute Gasteiger partial charge is 0.426 e. The van der Waals surface area contributed by atoms with Crippen LogP contribution in [0.25, 0.3) is 16.8 Å². The first kappa shape index (κ1) is 17.2. The zero-order valence-corrected chi connectivity index (χ0v) is 14.0. The summed E-state index contributed by atoms with van der Waals surface area (Å²) in [4.78, 5) is 23.4. The van der Waals surface area contributed by atoms with Gasteiger partial charge in [-0.15, -0.1) is 0 Å². The number of hydrazine groups is 1. The Hall–Kier alpha value is -3.60. The van der Waals surface area contributed by atoms with Crippen LogP contribution in [0.4, 0.5) is 4.79 Å². The van der Waals surface area contributed by atoms with Crippen LogP contribution in [0.2, 0.25) is 0 Å². The monoisotopic (exact) mass is 346 g/mol. The van der Waals surface area contributed by atoms with E-state index in [0.29, 0.717) is 0 Å². The fraction of sp³-hybridized carbons (Fsp3) is 0.0476. The molecular formula is C21H18N2O3. The Morgan fingerprint density at radius 2 is 1.58 bits per heavy atom. The summed E-state index contributed by atoms with van der Waals surface area (Å²) in [7, 11) is 0. The molecule has 3 aromatic carbocycles. The molecule has 0 aliphatic rings. The second kappa shape index (κ2) is 8.48. The van der Waals surface area contributed by atoms with E-state index in [2.05, 4.69) is 10.9 Å². The third-order valence-corrected chi connectivity index (χ3v) is 3.70. The van der Waals surface area contributed by atoms with Crippen molar-refractivity contribution in [3.63, 3.8) is 0 Å². The lowest BCUT2D eigenvalue weighted by atomic mass is 10.1. The van der Waals surface area contributed by atoms with E-state index in [-0.39, 0.29) is 6.61 Å². The zero-order chi connectivity index (χ0) is 18.2. The average molecular weight is 346 g/mol. The molecule has 0 aliphatic heterocycles. The summed E-state index contributed by atoms with van der Waals surface area (Å²) >= 11 is 0. The molecule has 0 spiro atoms. The van der Waals surface area contributed by atoms with Crippen LogP contribution in [0.3, 0.4) is 0 Å². The fourth-order valence-electron chi connectivity index (χ4n) is 2.40. The molecule has 0 saturated heterocycles. The summed E-state index contributed by atoms with van der Waals surface area (Å²) in [5, 5.41) is 2.20. The molecule has 0 saturated carbocycles. The minimum atomic E-state index is -0.723. The maximum absolute atomic E-state index is 11.7. The summed E-state index contributed by atoms with van der Waals surface area (Å²) < 4.78 is 5.10. The van der Waals surface area contributed by atoms with E-state index < -0.39 is 12.0 Å². The second-order valence-corrected chi connectivity index (χ2v) is 5.62. The highest BCUT2D eigenvalue weighted by Crippen LogP contribution is 2.16. The van der Waals surface area contributed by atoms with Gasteiger partial charge >= 0.3 is 6.09 Å². The lowest BCUT2D eigenvalue weighted by Gasteiger charge is -2.08. The molecule has 5 nitrogen and oxygen atoms in total. The molecule has 5 heteroatoms. The van der Waals surface area contributed by atoms with E-state index in [9.17, 15) is 9.59 Å². The number of hydrogen-bond acceptors (Lipinski definition) is 3. The summed E-state index contributed by atoms with van der Waals surface area (Å²) in [6, 6.07) is 23.2. The SMILES string of the molecule is O=C(/C=C/c1ccccc1)NNC(=O)OCc1ccc2ccccc2c1. The first-order valence-corrected chi connectivity index (χ1v) is 8.14. The molecule has 2 amide bonds. The molecule has 26 heavy (non-hydrogen) atoms. The van der Waals surface area contributed by atoms with E-state index in [0.717, 1.165) is 21.9 Å². The average Bonchev–Trinajstić information content (AvgIpc) is 2.69. The van der Waals surface area contributed by atoms with Gasteiger partial charge in [0.25, 0.3) is 5.91 Å². The second-order valence-electron chi connectivity index (χ2n) is 5.62. The summed E-state index contributed by atoms with van der Waals surface area (Å²) in [6.45, 7) is 0.117.